The van der Waals surface area contributed by atoms with E-state index in [1.807, 2.05) is 37.4 Å². The van der Waals surface area contributed by atoms with E-state index in [1.54, 1.807) is 12.1 Å². The van der Waals surface area contributed by atoms with Gasteiger partial charge in [0.05, 0.1) is 12.1 Å². The van der Waals surface area contributed by atoms with Crippen molar-refractivity contribution in [1.29, 1.82) is 0 Å². The number of rotatable bonds is 5. The van der Waals surface area contributed by atoms with Crippen LogP contribution in [-0.4, -0.2) is 10.9 Å². The first-order chi connectivity index (χ1) is 12.0. The molecule has 0 radical (unpaired) electrons. The second kappa shape index (κ2) is 7.44. The van der Waals surface area contributed by atoms with Gasteiger partial charge in [-0.1, -0.05) is 17.7 Å². The van der Waals surface area contributed by atoms with Gasteiger partial charge in [-0.15, -0.1) is 11.3 Å². The molecule has 128 valence electrons. The molecular formula is C19H18FN3OS. The Kier molecular flexibility index (Phi) is 5.09. The van der Waals surface area contributed by atoms with Gasteiger partial charge in [0.15, 0.2) is 5.13 Å². The first-order valence-electron chi connectivity index (χ1n) is 7.84. The van der Waals surface area contributed by atoms with Gasteiger partial charge in [-0.05, 0) is 49.7 Å². The second-order valence-electron chi connectivity index (χ2n) is 5.82. The Hall–Kier alpha value is -2.73. The molecule has 6 heteroatoms. The lowest BCUT2D eigenvalue weighted by Crippen LogP contribution is -2.15. The molecule has 2 N–H and O–H groups in total. The van der Waals surface area contributed by atoms with Crippen LogP contribution in [0.25, 0.3) is 0 Å². The average molecular weight is 355 g/mol. The maximum atomic E-state index is 12.9. The summed E-state index contributed by atoms with van der Waals surface area (Å²) < 4.78 is 12.9. The third-order valence-corrected chi connectivity index (χ3v) is 4.45. The number of anilines is 3. The molecule has 3 rings (SSSR count). The van der Waals surface area contributed by atoms with Crippen LogP contribution < -0.4 is 10.6 Å². The number of carbonyl (C=O) groups is 1. The zero-order valence-electron chi connectivity index (χ0n) is 14.0. The zero-order chi connectivity index (χ0) is 17.8. The van der Waals surface area contributed by atoms with Crippen LogP contribution in [0.15, 0.2) is 47.8 Å². The molecule has 0 saturated heterocycles. The Balaban J connectivity index is 1.60. The highest BCUT2D eigenvalue weighted by Gasteiger charge is 2.10. The summed E-state index contributed by atoms with van der Waals surface area (Å²) >= 11 is 1.41. The molecular weight excluding hydrogens is 337 g/mol. The number of nitrogens with zero attached hydrogens (tertiary/aromatic N) is 1. The maximum absolute atomic E-state index is 12.9. The van der Waals surface area contributed by atoms with Crippen molar-refractivity contribution in [2.45, 2.75) is 20.3 Å². The number of aromatic nitrogens is 1. The summed E-state index contributed by atoms with van der Waals surface area (Å²) in [6.07, 6.45) is 0.203. The van der Waals surface area contributed by atoms with Crippen LogP contribution in [0.1, 0.15) is 16.8 Å². The lowest BCUT2D eigenvalue weighted by Gasteiger charge is -2.08. The number of hydrogen-bond acceptors (Lipinski definition) is 4. The first-order valence-corrected chi connectivity index (χ1v) is 8.71. The molecule has 0 atom stereocenters. The van der Waals surface area contributed by atoms with Gasteiger partial charge in [-0.25, -0.2) is 9.37 Å². The third kappa shape index (κ3) is 4.64. The highest BCUT2D eigenvalue weighted by molar-refractivity contribution is 7.13. The molecule has 0 aliphatic carbocycles. The number of amides is 1. The van der Waals surface area contributed by atoms with Crippen LogP contribution >= 0.6 is 11.3 Å². The van der Waals surface area contributed by atoms with Crippen molar-refractivity contribution in [2.24, 2.45) is 0 Å². The summed E-state index contributed by atoms with van der Waals surface area (Å²) in [4.78, 5) is 16.6. The number of aryl methyl sites for hydroxylation is 2. The van der Waals surface area contributed by atoms with E-state index in [0.29, 0.717) is 10.8 Å². The van der Waals surface area contributed by atoms with Crippen LogP contribution in [0.3, 0.4) is 0 Å². The van der Waals surface area contributed by atoms with Gasteiger partial charge in [0, 0.05) is 16.8 Å². The van der Waals surface area contributed by atoms with Gasteiger partial charge < -0.3 is 10.6 Å². The van der Waals surface area contributed by atoms with Gasteiger partial charge in [0.1, 0.15) is 5.82 Å². The van der Waals surface area contributed by atoms with Crippen LogP contribution in [0, 0.1) is 19.7 Å². The normalized spacial score (nSPS) is 10.5. The lowest BCUT2D eigenvalue weighted by molar-refractivity contribution is -0.115. The molecule has 3 aromatic rings. The fourth-order valence-electron chi connectivity index (χ4n) is 2.42. The fraction of sp³-hybridized carbons (Fsp3) is 0.158. The second-order valence-corrected chi connectivity index (χ2v) is 6.68. The molecule has 0 spiro atoms. The van der Waals surface area contributed by atoms with Gasteiger partial charge in [-0.3, -0.25) is 4.79 Å². The minimum atomic E-state index is -0.284. The van der Waals surface area contributed by atoms with Gasteiger partial charge in [0.2, 0.25) is 5.91 Å². The Labute approximate surface area is 149 Å². The van der Waals surface area contributed by atoms with Crippen molar-refractivity contribution >= 4 is 33.8 Å². The van der Waals surface area contributed by atoms with E-state index in [-0.39, 0.29) is 18.1 Å². The van der Waals surface area contributed by atoms with Gasteiger partial charge >= 0.3 is 0 Å². The highest BCUT2D eigenvalue weighted by atomic mass is 32.1. The molecule has 1 amide bonds. The van der Waals surface area contributed by atoms with Crippen molar-refractivity contribution in [3.8, 4) is 0 Å². The number of hydrogen-bond donors (Lipinski definition) is 2. The standard InChI is InChI=1S/C19H18FN3OS/c1-12-3-8-17(13(2)9-12)23-18(24)10-16-11-25-19(22-16)21-15-6-4-14(20)5-7-15/h3-9,11H,10H2,1-2H3,(H,21,22)(H,23,24). The lowest BCUT2D eigenvalue weighted by atomic mass is 10.1. The van der Waals surface area contributed by atoms with Crippen LogP contribution in [-0.2, 0) is 11.2 Å². The van der Waals surface area contributed by atoms with E-state index in [1.165, 1.54) is 23.5 Å². The minimum absolute atomic E-state index is 0.106. The number of benzene rings is 2. The Morgan fingerprint density at radius 2 is 1.92 bits per heavy atom. The number of thiazole rings is 1. The van der Waals surface area contributed by atoms with Gasteiger partial charge in [-0.2, -0.15) is 0 Å². The fourth-order valence-corrected chi connectivity index (χ4v) is 3.15. The van der Waals surface area contributed by atoms with Crippen LogP contribution in [0.2, 0.25) is 0 Å². The van der Waals surface area contributed by atoms with Crippen LogP contribution in [0.5, 0.6) is 0 Å². The molecule has 0 fully saturated rings. The summed E-state index contributed by atoms with van der Waals surface area (Å²) in [5.41, 5.74) is 4.45. The molecule has 1 aromatic heterocycles. The molecule has 0 bridgehead atoms. The third-order valence-electron chi connectivity index (χ3n) is 3.64. The maximum Gasteiger partial charge on any atom is 0.230 e. The van der Waals surface area contributed by atoms with Crippen molar-refractivity contribution < 1.29 is 9.18 Å². The van der Waals surface area contributed by atoms with E-state index in [0.717, 1.165) is 22.5 Å². The Morgan fingerprint density at radius 3 is 2.64 bits per heavy atom. The molecule has 0 aliphatic heterocycles. The Bertz CT molecular complexity index is 890. The topological polar surface area (TPSA) is 54.0 Å². The smallest absolute Gasteiger partial charge is 0.230 e. The van der Waals surface area contributed by atoms with E-state index in [9.17, 15) is 9.18 Å². The van der Waals surface area contributed by atoms with Crippen molar-refractivity contribution in [3.05, 3.63) is 70.5 Å². The number of nitrogens with one attached hydrogen (secondary N) is 2. The first kappa shape index (κ1) is 17.1. The monoisotopic (exact) mass is 355 g/mol. The molecule has 25 heavy (non-hydrogen) atoms. The van der Waals surface area contributed by atoms with Crippen molar-refractivity contribution in [2.75, 3.05) is 10.6 Å². The molecule has 4 nitrogen and oxygen atoms in total. The quantitative estimate of drug-likeness (QED) is 0.690. The van der Waals surface area contributed by atoms with Crippen LogP contribution in [0.4, 0.5) is 20.9 Å². The zero-order valence-corrected chi connectivity index (χ0v) is 14.8. The number of halogens is 1. The van der Waals surface area contributed by atoms with Crippen molar-refractivity contribution in [1.82, 2.24) is 4.98 Å². The predicted octanol–water partition coefficient (Wildman–Crippen LogP) is 4.82. The molecule has 0 saturated carbocycles. The average Bonchev–Trinajstić information content (AvgIpc) is 2.99. The number of carbonyl (C=O) groups excluding carboxylic acids is 1. The molecule has 0 unspecified atom stereocenters. The summed E-state index contributed by atoms with van der Waals surface area (Å²) in [7, 11) is 0. The molecule has 1 heterocycles. The largest absolute Gasteiger partial charge is 0.332 e. The summed E-state index contributed by atoms with van der Waals surface area (Å²) in [6, 6.07) is 12.0. The van der Waals surface area contributed by atoms with E-state index >= 15 is 0 Å². The molecule has 2 aromatic carbocycles. The highest BCUT2D eigenvalue weighted by Crippen LogP contribution is 2.22. The van der Waals surface area contributed by atoms with E-state index in [2.05, 4.69) is 15.6 Å². The van der Waals surface area contributed by atoms with Crippen molar-refractivity contribution in [3.63, 3.8) is 0 Å². The summed E-state index contributed by atoms with van der Waals surface area (Å²) in [5.74, 6) is -0.390. The minimum Gasteiger partial charge on any atom is -0.332 e. The predicted molar refractivity (Wildman–Crippen MR) is 100 cm³/mol. The van der Waals surface area contributed by atoms with Gasteiger partial charge in [0.25, 0.3) is 0 Å². The SMILES string of the molecule is Cc1ccc(NC(=O)Cc2csc(Nc3ccc(F)cc3)n2)c(C)c1. The summed E-state index contributed by atoms with van der Waals surface area (Å²) in [5, 5.41) is 8.52. The van der Waals surface area contributed by atoms with E-state index < -0.39 is 0 Å². The Morgan fingerprint density at radius 1 is 1.16 bits per heavy atom. The van der Waals surface area contributed by atoms with E-state index in [4.69, 9.17) is 0 Å². The summed E-state index contributed by atoms with van der Waals surface area (Å²) in [6.45, 7) is 3.99. The molecule has 0 aliphatic rings.